The Morgan fingerprint density at radius 2 is 2.24 bits per heavy atom. The van der Waals surface area contributed by atoms with Crippen LogP contribution in [0.3, 0.4) is 0 Å². The van der Waals surface area contributed by atoms with Gasteiger partial charge in [-0.1, -0.05) is 35.0 Å². The van der Waals surface area contributed by atoms with Crippen molar-refractivity contribution in [1.29, 1.82) is 0 Å². The van der Waals surface area contributed by atoms with E-state index in [4.69, 9.17) is 23.2 Å². The Balaban J connectivity index is 2.01. The topological polar surface area (TPSA) is 42.9 Å². The highest BCUT2D eigenvalue weighted by atomic mass is 35.5. The van der Waals surface area contributed by atoms with Crippen LogP contribution in [0.15, 0.2) is 29.7 Å². The number of thiophene rings is 1. The summed E-state index contributed by atoms with van der Waals surface area (Å²) in [6.07, 6.45) is 4.78. The lowest BCUT2D eigenvalue weighted by Gasteiger charge is -1.98. The Labute approximate surface area is 116 Å². The van der Waals surface area contributed by atoms with E-state index >= 15 is 0 Å². The molecule has 2 heterocycles. The molecule has 2 aromatic rings. The highest BCUT2D eigenvalue weighted by Crippen LogP contribution is 2.32. The summed E-state index contributed by atoms with van der Waals surface area (Å²) in [6.45, 7) is 0. The predicted molar refractivity (Wildman–Crippen MR) is 71.4 cm³/mol. The van der Waals surface area contributed by atoms with Crippen molar-refractivity contribution in [3.05, 3.63) is 38.9 Å². The molecule has 0 amide bonds. The summed E-state index contributed by atoms with van der Waals surface area (Å²) in [6, 6.07) is 1.59. The number of Topliss-reactive ketones (excluding diaryl/α,β-unsaturated/α-hetero) is 1. The van der Waals surface area contributed by atoms with Crippen LogP contribution in [0.25, 0.3) is 0 Å². The SMILES string of the molecule is O=C(CSc1cnccn1)c1cc(Cl)sc1Cl. The van der Waals surface area contributed by atoms with E-state index in [0.29, 0.717) is 19.3 Å². The first-order chi connectivity index (χ1) is 8.16. The summed E-state index contributed by atoms with van der Waals surface area (Å²) in [5.41, 5.74) is 0.470. The lowest BCUT2D eigenvalue weighted by Crippen LogP contribution is -2.01. The van der Waals surface area contributed by atoms with Crippen LogP contribution >= 0.6 is 46.3 Å². The predicted octanol–water partition coefficient (Wildman–Crippen LogP) is 3.82. The average molecular weight is 305 g/mol. The van der Waals surface area contributed by atoms with Gasteiger partial charge in [0.25, 0.3) is 0 Å². The molecular weight excluding hydrogens is 299 g/mol. The van der Waals surface area contributed by atoms with E-state index in [2.05, 4.69) is 9.97 Å². The van der Waals surface area contributed by atoms with Gasteiger partial charge in [0.2, 0.25) is 0 Å². The van der Waals surface area contributed by atoms with Gasteiger partial charge in [-0.05, 0) is 6.07 Å². The van der Waals surface area contributed by atoms with Gasteiger partial charge in [0.1, 0.15) is 9.36 Å². The zero-order valence-electron chi connectivity index (χ0n) is 8.39. The summed E-state index contributed by atoms with van der Waals surface area (Å²) in [5.74, 6) is 0.208. The van der Waals surface area contributed by atoms with E-state index in [0.717, 1.165) is 0 Å². The molecule has 0 aliphatic heterocycles. The maximum atomic E-state index is 11.8. The molecule has 88 valence electrons. The Kier molecular flexibility index (Phi) is 4.39. The largest absolute Gasteiger partial charge is 0.293 e. The van der Waals surface area contributed by atoms with Gasteiger partial charge in [0.15, 0.2) is 5.78 Å². The number of hydrogen-bond acceptors (Lipinski definition) is 5. The summed E-state index contributed by atoms with van der Waals surface area (Å²) < 4.78 is 0.947. The minimum atomic E-state index is -0.0613. The fourth-order valence-corrected chi connectivity index (χ4v) is 3.31. The molecule has 0 spiro atoms. The second-order valence-electron chi connectivity index (χ2n) is 2.99. The van der Waals surface area contributed by atoms with Gasteiger partial charge in [-0.25, -0.2) is 4.98 Å². The summed E-state index contributed by atoms with van der Waals surface area (Å²) in [4.78, 5) is 19.8. The summed E-state index contributed by atoms with van der Waals surface area (Å²) >= 11 is 14.2. The van der Waals surface area contributed by atoms with Gasteiger partial charge in [-0.3, -0.25) is 9.78 Å². The lowest BCUT2D eigenvalue weighted by atomic mass is 10.2. The molecule has 0 bridgehead atoms. The van der Waals surface area contributed by atoms with Crippen LogP contribution in [0.2, 0.25) is 8.67 Å². The van der Waals surface area contributed by atoms with Crippen LogP contribution < -0.4 is 0 Å². The number of aromatic nitrogens is 2. The van der Waals surface area contributed by atoms with Crippen molar-refractivity contribution in [1.82, 2.24) is 9.97 Å². The molecule has 2 rings (SSSR count). The lowest BCUT2D eigenvalue weighted by molar-refractivity contribution is 0.102. The fourth-order valence-electron chi connectivity index (χ4n) is 1.11. The maximum Gasteiger partial charge on any atom is 0.175 e. The minimum absolute atomic E-state index is 0.0613. The number of rotatable bonds is 4. The van der Waals surface area contributed by atoms with E-state index in [1.807, 2.05) is 0 Å². The number of ketones is 1. The van der Waals surface area contributed by atoms with Crippen LogP contribution in [0.1, 0.15) is 10.4 Å². The molecule has 0 aliphatic rings. The van der Waals surface area contributed by atoms with Gasteiger partial charge in [-0.15, -0.1) is 11.3 Å². The smallest absolute Gasteiger partial charge is 0.175 e. The van der Waals surface area contributed by atoms with E-state index in [9.17, 15) is 4.79 Å². The van der Waals surface area contributed by atoms with Gasteiger partial charge < -0.3 is 0 Å². The highest BCUT2D eigenvalue weighted by Gasteiger charge is 2.14. The van der Waals surface area contributed by atoms with Crippen molar-refractivity contribution in [3.8, 4) is 0 Å². The third kappa shape index (κ3) is 3.42. The van der Waals surface area contributed by atoms with Crippen LogP contribution in [0.5, 0.6) is 0 Å². The molecule has 17 heavy (non-hydrogen) atoms. The molecule has 0 fully saturated rings. The summed E-state index contributed by atoms with van der Waals surface area (Å²) in [5, 5.41) is 0.707. The number of thioether (sulfide) groups is 1. The normalized spacial score (nSPS) is 10.5. The third-order valence-corrected chi connectivity index (χ3v) is 4.25. The molecular formula is C10H6Cl2N2OS2. The van der Waals surface area contributed by atoms with Crippen LogP contribution in [0, 0.1) is 0 Å². The number of carbonyl (C=O) groups is 1. The van der Waals surface area contributed by atoms with Crippen molar-refractivity contribution in [2.45, 2.75) is 5.03 Å². The molecule has 0 saturated carbocycles. The Morgan fingerprint density at radius 1 is 1.41 bits per heavy atom. The molecule has 7 heteroatoms. The first-order valence-electron chi connectivity index (χ1n) is 4.53. The second kappa shape index (κ2) is 5.82. The molecule has 0 aromatic carbocycles. The first-order valence-corrected chi connectivity index (χ1v) is 7.09. The molecule has 0 N–H and O–H groups in total. The minimum Gasteiger partial charge on any atom is -0.293 e. The molecule has 3 nitrogen and oxygen atoms in total. The molecule has 0 saturated heterocycles. The number of halogens is 2. The maximum absolute atomic E-state index is 11.8. The van der Waals surface area contributed by atoms with E-state index in [1.54, 1.807) is 24.7 Å². The van der Waals surface area contributed by atoms with Crippen LogP contribution in [-0.2, 0) is 0 Å². The van der Waals surface area contributed by atoms with Crippen molar-refractivity contribution in [3.63, 3.8) is 0 Å². The van der Waals surface area contributed by atoms with E-state index < -0.39 is 0 Å². The number of hydrogen-bond donors (Lipinski definition) is 0. The quantitative estimate of drug-likeness (QED) is 0.636. The molecule has 2 aromatic heterocycles. The molecule has 0 atom stereocenters. The fraction of sp³-hybridized carbons (Fsp3) is 0.100. The van der Waals surface area contributed by atoms with Gasteiger partial charge in [-0.2, -0.15) is 0 Å². The standard InChI is InChI=1S/C10H6Cl2N2OS2/c11-8-3-6(10(12)17-8)7(15)5-16-9-4-13-1-2-14-9/h1-4H,5H2. The Bertz CT molecular complexity index is 530. The first kappa shape index (κ1) is 12.8. The summed E-state index contributed by atoms with van der Waals surface area (Å²) in [7, 11) is 0. The zero-order valence-corrected chi connectivity index (χ0v) is 11.5. The van der Waals surface area contributed by atoms with Crippen molar-refractivity contribution in [2.75, 3.05) is 5.75 Å². The van der Waals surface area contributed by atoms with E-state index in [1.165, 1.54) is 23.1 Å². The molecule has 0 unspecified atom stereocenters. The van der Waals surface area contributed by atoms with Crippen molar-refractivity contribution >= 4 is 52.1 Å². The number of carbonyl (C=O) groups excluding carboxylic acids is 1. The average Bonchev–Trinajstić information content (AvgIpc) is 2.67. The van der Waals surface area contributed by atoms with Crippen molar-refractivity contribution in [2.24, 2.45) is 0 Å². The monoisotopic (exact) mass is 304 g/mol. The second-order valence-corrected chi connectivity index (χ2v) is 6.27. The van der Waals surface area contributed by atoms with Crippen LogP contribution in [-0.4, -0.2) is 21.5 Å². The Hall–Kier alpha value is -0.620. The Morgan fingerprint density at radius 3 is 2.82 bits per heavy atom. The number of nitrogens with zero attached hydrogens (tertiary/aromatic N) is 2. The van der Waals surface area contributed by atoms with E-state index in [-0.39, 0.29) is 11.5 Å². The zero-order chi connectivity index (χ0) is 12.3. The van der Waals surface area contributed by atoms with Gasteiger partial charge in [0.05, 0.1) is 16.3 Å². The van der Waals surface area contributed by atoms with Gasteiger partial charge in [0, 0.05) is 18.0 Å². The molecule has 0 aliphatic carbocycles. The van der Waals surface area contributed by atoms with Gasteiger partial charge >= 0.3 is 0 Å². The molecule has 0 radical (unpaired) electrons. The highest BCUT2D eigenvalue weighted by molar-refractivity contribution is 7.99. The van der Waals surface area contributed by atoms with Crippen LogP contribution in [0.4, 0.5) is 0 Å². The third-order valence-electron chi connectivity index (χ3n) is 1.85. The van der Waals surface area contributed by atoms with Crippen molar-refractivity contribution < 1.29 is 4.79 Å².